The fraction of sp³-hybridized carbons (Fsp3) is 0.514. The van der Waals surface area contributed by atoms with Crippen molar-refractivity contribution in [1.29, 1.82) is 0 Å². The molecule has 0 N–H and O–H groups in total. The normalized spacial score (nSPS) is 15.4. The number of halogens is 2. The van der Waals surface area contributed by atoms with Gasteiger partial charge in [-0.2, -0.15) is 0 Å². The number of rotatable bonds is 23. The minimum absolute atomic E-state index is 0.0216. The van der Waals surface area contributed by atoms with Gasteiger partial charge in [0.1, 0.15) is 0 Å². The van der Waals surface area contributed by atoms with E-state index in [0.29, 0.717) is 55.8 Å². The van der Waals surface area contributed by atoms with Gasteiger partial charge in [-0.15, -0.1) is 0 Å². The van der Waals surface area contributed by atoms with Gasteiger partial charge in [-0.3, -0.25) is 0 Å². The molecule has 1 unspecified atom stereocenters. The molecule has 1 aliphatic heterocycles. The average Bonchev–Trinajstić information content (AvgIpc) is 3.12. The minimum Gasteiger partial charge on any atom is -0.382 e. The Hall–Kier alpha value is -2.11. The third-order valence-corrected chi connectivity index (χ3v) is 14.6. The van der Waals surface area contributed by atoms with Gasteiger partial charge < -0.3 is 23.8 Å². The molecule has 1 heterocycles. The molecule has 16 heteroatoms. The van der Waals surface area contributed by atoms with E-state index >= 15 is 0 Å². The van der Waals surface area contributed by atoms with Crippen LogP contribution in [-0.2, 0) is 55.0 Å². The molecular weight excluding hydrogens is 786 g/mol. The van der Waals surface area contributed by atoms with Gasteiger partial charge in [0.05, 0.1) is 58.4 Å². The van der Waals surface area contributed by atoms with Gasteiger partial charge >= 0.3 is 0 Å². The Kier molecular flexibility index (Phi) is 17.0. The second-order valence-corrected chi connectivity index (χ2v) is 20.0. The van der Waals surface area contributed by atoms with Crippen LogP contribution in [-0.4, -0.2) is 114 Å². The van der Waals surface area contributed by atoms with Crippen molar-refractivity contribution in [2.75, 3.05) is 83.7 Å². The Morgan fingerprint density at radius 1 is 0.642 bits per heavy atom. The highest BCUT2D eigenvalue weighted by Gasteiger charge is 2.28. The first-order valence-corrected chi connectivity index (χ1v) is 23.3. The molecule has 0 fully saturated rings. The van der Waals surface area contributed by atoms with Crippen LogP contribution >= 0.6 is 23.2 Å². The molecule has 4 rings (SSSR count). The van der Waals surface area contributed by atoms with Gasteiger partial charge in [-0.1, -0.05) is 41.4 Å². The standard InChI is InChI=1S/C37H49Cl2NO10S3/c1-3-47-13-6-20-52(43,44)32-11-5-12-33(26-32)53(45,46)22-8-15-49-17-19-50-18-16-48-14-7-21-51(41,42)31-10-4-9-29(23-31)35-27-40(2)28-36-34(35)24-30(38)25-37(36)39/h4-5,9-12,23-26,35H,3,6-8,13-22,27-28H2,1-2H3. The van der Waals surface area contributed by atoms with Crippen LogP contribution in [0.4, 0.5) is 0 Å². The maximum Gasteiger partial charge on any atom is 0.178 e. The second-order valence-electron chi connectivity index (χ2n) is 12.8. The molecule has 53 heavy (non-hydrogen) atoms. The molecule has 0 radical (unpaired) electrons. The van der Waals surface area contributed by atoms with Crippen molar-refractivity contribution in [3.63, 3.8) is 0 Å². The Bertz CT molecular complexity index is 1980. The molecule has 11 nitrogen and oxygen atoms in total. The zero-order valence-corrected chi connectivity index (χ0v) is 34.1. The van der Waals surface area contributed by atoms with Crippen LogP contribution in [0.3, 0.4) is 0 Å². The van der Waals surface area contributed by atoms with E-state index in [-0.39, 0.29) is 77.3 Å². The first kappa shape index (κ1) is 43.6. The van der Waals surface area contributed by atoms with Crippen LogP contribution in [0.2, 0.25) is 10.0 Å². The number of hydrogen-bond acceptors (Lipinski definition) is 11. The Morgan fingerprint density at radius 3 is 1.64 bits per heavy atom. The third kappa shape index (κ3) is 13.3. The number of sulfone groups is 3. The molecule has 1 aliphatic rings. The average molecular weight is 835 g/mol. The lowest BCUT2D eigenvalue weighted by atomic mass is 9.85. The summed E-state index contributed by atoms with van der Waals surface area (Å²) < 4.78 is 99.0. The highest BCUT2D eigenvalue weighted by atomic mass is 35.5. The zero-order chi connectivity index (χ0) is 38.5. The van der Waals surface area contributed by atoms with Gasteiger partial charge in [-0.05, 0) is 92.4 Å². The van der Waals surface area contributed by atoms with Crippen molar-refractivity contribution in [3.8, 4) is 0 Å². The summed E-state index contributed by atoms with van der Waals surface area (Å²) in [6.07, 6.45) is 0.890. The van der Waals surface area contributed by atoms with Crippen molar-refractivity contribution < 1.29 is 44.2 Å². The highest BCUT2D eigenvalue weighted by molar-refractivity contribution is 7.92. The van der Waals surface area contributed by atoms with Crippen molar-refractivity contribution >= 4 is 52.7 Å². The van der Waals surface area contributed by atoms with E-state index in [4.69, 9.17) is 42.1 Å². The van der Waals surface area contributed by atoms with E-state index < -0.39 is 29.5 Å². The van der Waals surface area contributed by atoms with E-state index in [1.807, 2.05) is 26.1 Å². The number of benzene rings is 3. The van der Waals surface area contributed by atoms with Gasteiger partial charge in [0.2, 0.25) is 0 Å². The number of fused-ring (bicyclic) bond motifs is 1. The van der Waals surface area contributed by atoms with Gasteiger partial charge in [-0.25, -0.2) is 25.3 Å². The van der Waals surface area contributed by atoms with Crippen molar-refractivity contribution in [3.05, 3.63) is 87.4 Å². The molecular formula is C37H49Cl2NO10S3. The summed E-state index contributed by atoms with van der Waals surface area (Å²) in [5, 5.41) is 1.16. The smallest absolute Gasteiger partial charge is 0.178 e. The molecule has 3 aromatic carbocycles. The van der Waals surface area contributed by atoms with Crippen molar-refractivity contribution in [2.24, 2.45) is 0 Å². The van der Waals surface area contributed by atoms with E-state index in [2.05, 4.69) is 4.90 Å². The molecule has 0 aromatic heterocycles. The molecule has 0 spiro atoms. The summed E-state index contributed by atoms with van der Waals surface area (Å²) in [4.78, 5) is 2.37. The fourth-order valence-electron chi connectivity index (χ4n) is 6.01. The Balaban J connectivity index is 1.09. The zero-order valence-electron chi connectivity index (χ0n) is 30.2. The first-order chi connectivity index (χ1) is 25.2. The molecule has 0 amide bonds. The second kappa shape index (κ2) is 20.7. The third-order valence-electron chi connectivity index (χ3n) is 8.69. The molecule has 294 valence electrons. The van der Waals surface area contributed by atoms with Crippen LogP contribution < -0.4 is 0 Å². The SMILES string of the molecule is CCOCCCS(=O)(=O)c1cccc(S(=O)(=O)CCCOCCOCCOCCCS(=O)(=O)c2cccc(C3CN(C)Cc4c(Cl)cc(Cl)cc43)c2)c1. The highest BCUT2D eigenvalue weighted by Crippen LogP contribution is 2.39. The summed E-state index contributed by atoms with van der Waals surface area (Å²) in [5.41, 5.74) is 2.91. The number of hydrogen-bond donors (Lipinski definition) is 0. The van der Waals surface area contributed by atoms with Crippen LogP contribution in [0.5, 0.6) is 0 Å². The first-order valence-electron chi connectivity index (χ1n) is 17.6. The van der Waals surface area contributed by atoms with Crippen molar-refractivity contribution in [1.82, 2.24) is 4.90 Å². The minimum atomic E-state index is -3.70. The van der Waals surface area contributed by atoms with Crippen LogP contribution in [0.15, 0.2) is 75.4 Å². The maximum atomic E-state index is 13.2. The van der Waals surface area contributed by atoms with E-state index in [1.165, 1.54) is 24.3 Å². The lowest BCUT2D eigenvalue weighted by Crippen LogP contribution is -2.31. The van der Waals surface area contributed by atoms with E-state index in [0.717, 1.165) is 16.7 Å². The predicted molar refractivity (Wildman–Crippen MR) is 206 cm³/mol. The van der Waals surface area contributed by atoms with Crippen molar-refractivity contribution in [2.45, 2.75) is 53.3 Å². The predicted octanol–water partition coefficient (Wildman–Crippen LogP) is 5.85. The Morgan fingerprint density at radius 2 is 1.11 bits per heavy atom. The maximum absolute atomic E-state index is 13.2. The lowest BCUT2D eigenvalue weighted by molar-refractivity contribution is 0.0149. The van der Waals surface area contributed by atoms with E-state index in [9.17, 15) is 25.3 Å². The lowest BCUT2D eigenvalue weighted by Gasteiger charge is -2.33. The summed E-state index contributed by atoms with van der Waals surface area (Å²) in [6, 6.07) is 16.2. The Labute approximate surface area is 324 Å². The van der Waals surface area contributed by atoms with Gasteiger partial charge in [0, 0.05) is 55.5 Å². The fourth-order valence-corrected chi connectivity index (χ4v) is 10.6. The molecule has 0 saturated carbocycles. The summed E-state index contributed by atoms with van der Waals surface area (Å²) in [6.45, 7) is 5.63. The molecule has 0 bridgehead atoms. The van der Waals surface area contributed by atoms with E-state index in [1.54, 1.807) is 24.3 Å². The van der Waals surface area contributed by atoms with Crippen LogP contribution in [0.1, 0.15) is 48.8 Å². The molecule has 1 atom stereocenters. The molecule has 0 saturated heterocycles. The van der Waals surface area contributed by atoms with Crippen LogP contribution in [0, 0.1) is 0 Å². The molecule has 3 aromatic rings. The monoisotopic (exact) mass is 833 g/mol. The quantitative estimate of drug-likeness (QED) is 0.106. The number of nitrogens with zero attached hydrogens (tertiary/aromatic N) is 1. The summed E-state index contributed by atoms with van der Waals surface area (Å²) in [7, 11) is -8.85. The molecule has 0 aliphatic carbocycles. The summed E-state index contributed by atoms with van der Waals surface area (Å²) >= 11 is 12.8. The number of ether oxygens (including phenoxy) is 4. The van der Waals surface area contributed by atoms with Crippen LogP contribution in [0.25, 0.3) is 0 Å². The topological polar surface area (TPSA) is 143 Å². The van der Waals surface area contributed by atoms with Gasteiger partial charge in [0.25, 0.3) is 0 Å². The summed E-state index contributed by atoms with van der Waals surface area (Å²) in [5.74, 6) is -0.431. The number of likely N-dealkylation sites (N-methyl/N-ethyl adjacent to an activating group) is 1. The largest absolute Gasteiger partial charge is 0.382 e. The van der Waals surface area contributed by atoms with Gasteiger partial charge in [0.15, 0.2) is 29.5 Å².